The van der Waals surface area contributed by atoms with Gasteiger partial charge in [-0.05, 0) is 49.7 Å². The number of aryl methyl sites for hydroxylation is 1. The topological polar surface area (TPSA) is 68.2 Å². The Kier molecular flexibility index (Phi) is 5.02. The maximum Gasteiger partial charge on any atom is 0.254 e. The van der Waals surface area contributed by atoms with Gasteiger partial charge in [0.15, 0.2) is 5.82 Å². The Morgan fingerprint density at radius 1 is 1.21 bits per heavy atom. The van der Waals surface area contributed by atoms with E-state index in [1.165, 1.54) is 0 Å². The monoisotopic (exact) mass is 374 g/mol. The number of hydrogen-bond acceptors (Lipinski definition) is 5. The Hall–Kier alpha value is -3.28. The molecule has 0 unspecified atom stereocenters. The van der Waals surface area contributed by atoms with Crippen LogP contribution in [0.3, 0.4) is 0 Å². The normalized spacial score (nSPS) is 13.1. The molecule has 1 aliphatic heterocycles. The third-order valence-electron chi connectivity index (χ3n) is 4.72. The van der Waals surface area contributed by atoms with Crippen molar-refractivity contribution in [1.29, 1.82) is 0 Å². The van der Waals surface area contributed by atoms with E-state index in [2.05, 4.69) is 15.0 Å². The number of carbonyl (C=O) groups excluding carboxylic acids is 1. The highest BCUT2D eigenvalue weighted by Crippen LogP contribution is 2.23. The van der Waals surface area contributed by atoms with Crippen LogP contribution in [0.4, 0.5) is 0 Å². The largest absolute Gasteiger partial charge is 0.494 e. The van der Waals surface area contributed by atoms with Crippen molar-refractivity contribution in [2.24, 2.45) is 0 Å². The molecule has 4 rings (SSSR count). The molecule has 0 aliphatic carbocycles. The summed E-state index contributed by atoms with van der Waals surface area (Å²) >= 11 is 0. The molecule has 0 bridgehead atoms. The number of amides is 1. The molecule has 0 atom stereocenters. The first-order valence-corrected chi connectivity index (χ1v) is 9.44. The summed E-state index contributed by atoms with van der Waals surface area (Å²) in [6.07, 6.45) is 4.25. The van der Waals surface area contributed by atoms with Crippen molar-refractivity contribution in [3.05, 3.63) is 71.2 Å². The highest BCUT2D eigenvalue weighted by atomic mass is 16.5. The van der Waals surface area contributed by atoms with Crippen molar-refractivity contribution in [2.75, 3.05) is 13.2 Å². The van der Waals surface area contributed by atoms with Crippen LogP contribution in [0, 0.1) is 6.92 Å². The van der Waals surface area contributed by atoms with E-state index in [9.17, 15) is 4.79 Å². The van der Waals surface area contributed by atoms with Crippen LogP contribution in [-0.4, -0.2) is 38.9 Å². The van der Waals surface area contributed by atoms with E-state index in [4.69, 9.17) is 4.74 Å². The van der Waals surface area contributed by atoms with Crippen LogP contribution in [0.1, 0.15) is 34.1 Å². The van der Waals surface area contributed by atoms with E-state index < -0.39 is 0 Å². The summed E-state index contributed by atoms with van der Waals surface area (Å²) in [6.45, 7) is 5.61. The van der Waals surface area contributed by atoms with Gasteiger partial charge < -0.3 is 9.64 Å². The van der Waals surface area contributed by atoms with Crippen LogP contribution < -0.4 is 4.74 Å². The van der Waals surface area contributed by atoms with Gasteiger partial charge in [0.1, 0.15) is 11.4 Å². The number of pyridine rings is 1. The third-order valence-corrected chi connectivity index (χ3v) is 4.72. The molecule has 142 valence electrons. The molecule has 6 nitrogen and oxygen atoms in total. The number of benzene rings is 1. The summed E-state index contributed by atoms with van der Waals surface area (Å²) in [5.41, 5.74) is 4.39. The van der Waals surface area contributed by atoms with Crippen LogP contribution in [0.5, 0.6) is 5.75 Å². The fourth-order valence-corrected chi connectivity index (χ4v) is 3.41. The van der Waals surface area contributed by atoms with Gasteiger partial charge in [-0.3, -0.25) is 9.78 Å². The first kappa shape index (κ1) is 18.1. The molecule has 28 heavy (non-hydrogen) atoms. The lowest BCUT2D eigenvalue weighted by Gasteiger charge is -2.28. The second kappa shape index (κ2) is 7.76. The molecule has 6 heteroatoms. The minimum atomic E-state index is 0.00380. The average Bonchev–Trinajstić information content (AvgIpc) is 2.73. The maximum absolute atomic E-state index is 13.0. The molecule has 2 aromatic heterocycles. The zero-order chi connectivity index (χ0) is 19.5. The van der Waals surface area contributed by atoms with E-state index >= 15 is 0 Å². The maximum atomic E-state index is 13.0. The lowest BCUT2D eigenvalue weighted by atomic mass is 10.0. The highest BCUT2D eigenvalue weighted by Gasteiger charge is 2.24. The Morgan fingerprint density at radius 2 is 2.11 bits per heavy atom. The van der Waals surface area contributed by atoms with Crippen molar-refractivity contribution < 1.29 is 9.53 Å². The second-order valence-corrected chi connectivity index (χ2v) is 6.82. The molecule has 0 saturated heterocycles. The van der Waals surface area contributed by atoms with Gasteiger partial charge in [0.05, 0.1) is 12.3 Å². The van der Waals surface area contributed by atoms with Crippen molar-refractivity contribution >= 4 is 5.91 Å². The number of ether oxygens (including phenoxy) is 1. The van der Waals surface area contributed by atoms with E-state index in [-0.39, 0.29) is 5.91 Å². The van der Waals surface area contributed by atoms with Gasteiger partial charge in [-0.1, -0.05) is 6.07 Å². The van der Waals surface area contributed by atoms with Crippen molar-refractivity contribution in [1.82, 2.24) is 19.9 Å². The molecule has 0 N–H and O–H groups in total. The predicted octanol–water partition coefficient (Wildman–Crippen LogP) is 3.44. The molecule has 1 aromatic carbocycles. The minimum Gasteiger partial charge on any atom is -0.494 e. The molecule has 1 amide bonds. The van der Waals surface area contributed by atoms with E-state index in [0.717, 1.165) is 28.3 Å². The summed E-state index contributed by atoms with van der Waals surface area (Å²) in [7, 11) is 0. The zero-order valence-electron chi connectivity index (χ0n) is 16.1. The smallest absolute Gasteiger partial charge is 0.254 e. The summed E-state index contributed by atoms with van der Waals surface area (Å²) in [5, 5.41) is 0. The fraction of sp³-hybridized carbons (Fsp3) is 0.273. The van der Waals surface area contributed by atoms with E-state index in [1.807, 2.05) is 61.3 Å². The molecule has 3 aromatic rings. The second-order valence-electron chi connectivity index (χ2n) is 6.82. The molecule has 1 aliphatic rings. The number of rotatable bonds is 4. The fourth-order valence-electron chi connectivity index (χ4n) is 3.41. The molecular formula is C22H22N4O2. The highest BCUT2D eigenvalue weighted by molar-refractivity contribution is 5.95. The number of carbonyl (C=O) groups is 1. The average molecular weight is 374 g/mol. The van der Waals surface area contributed by atoms with Crippen molar-refractivity contribution in [3.8, 4) is 17.3 Å². The van der Waals surface area contributed by atoms with Crippen LogP contribution >= 0.6 is 0 Å². The van der Waals surface area contributed by atoms with Crippen LogP contribution in [0.2, 0.25) is 0 Å². The van der Waals surface area contributed by atoms with Gasteiger partial charge in [-0.15, -0.1) is 0 Å². The summed E-state index contributed by atoms with van der Waals surface area (Å²) in [4.78, 5) is 28.3. The molecule has 0 fully saturated rings. The van der Waals surface area contributed by atoms with Gasteiger partial charge in [0.2, 0.25) is 0 Å². The van der Waals surface area contributed by atoms with Gasteiger partial charge in [-0.2, -0.15) is 0 Å². The van der Waals surface area contributed by atoms with Gasteiger partial charge in [0.25, 0.3) is 5.91 Å². The lowest BCUT2D eigenvalue weighted by Crippen LogP contribution is -2.36. The Morgan fingerprint density at radius 3 is 2.89 bits per heavy atom. The summed E-state index contributed by atoms with van der Waals surface area (Å²) < 4.78 is 5.58. The lowest BCUT2D eigenvalue weighted by molar-refractivity contribution is 0.0732. The Balaban J connectivity index is 1.55. The number of nitrogens with zero attached hydrogens (tertiary/aromatic N) is 4. The van der Waals surface area contributed by atoms with Crippen LogP contribution in [0.25, 0.3) is 11.5 Å². The van der Waals surface area contributed by atoms with Crippen molar-refractivity contribution in [2.45, 2.75) is 26.8 Å². The molecular weight excluding hydrogens is 352 g/mol. The van der Waals surface area contributed by atoms with Crippen LogP contribution in [0.15, 0.2) is 48.8 Å². The molecule has 0 saturated carbocycles. The third kappa shape index (κ3) is 3.71. The SMILES string of the molecule is CCOc1cc(C)cc(C(=O)N2CCc3nc(-c4ccccn4)ncc3C2)c1. The van der Waals surface area contributed by atoms with E-state index in [0.29, 0.717) is 37.5 Å². The van der Waals surface area contributed by atoms with Gasteiger partial charge in [0, 0.05) is 43.0 Å². The van der Waals surface area contributed by atoms with Crippen molar-refractivity contribution in [3.63, 3.8) is 0 Å². The molecule has 0 spiro atoms. The van der Waals surface area contributed by atoms with Gasteiger partial charge in [-0.25, -0.2) is 9.97 Å². The molecule has 3 heterocycles. The number of aromatic nitrogens is 3. The summed E-state index contributed by atoms with van der Waals surface area (Å²) in [5.74, 6) is 1.36. The van der Waals surface area contributed by atoms with Gasteiger partial charge >= 0.3 is 0 Å². The molecule has 0 radical (unpaired) electrons. The number of fused-ring (bicyclic) bond motifs is 1. The minimum absolute atomic E-state index is 0.00380. The van der Waals surface area contributed by atoms with Crippen LogP contribution in [-0.2, 0) is 13.0 Å². The summed E-state index contributed by atoms with van der Waals surface area (Å²) in [6, 6.07) is 11.3. The Labute approximate surface area is 164 Å². The first-order valence-electron chi connectivity index (χ1n) is 9.44. The quantitative estimate of drug-likeness (QED) is 0.700. The first-order chi connectivity index (χ1) is 13.6. The predicted molar refractivity (Wildman–Crippen MR) is 106 cm³/mol. The zero-order valence-corrected chi connectivity index (χ0v) is 16.1. The Bertz CT molecular complexity index is 1000. The number of hydrogen-bond donors (Lipinski definition) is 0. The standard InChI is InChI=1S/C22H22N4O2/c1-3-28-18-11-15(2)10-16(12-18)22(27)26-9-7-19-17(14-26)13-24-21(25-19)20-6-4-5-8-23-20/h4-6,8,10-13H,3,7,9,14H2,1-2H3. The van der Waals surface area contributed by atoms with E-state index in [1.54, 1.807) is 6.20 Å².